The third-order valence-electron chi connectivity index (χ3n) is 10.9. The van der Waals surface area contributed by atoms with Gasteiger partial charge in [0.2, 0.25) is 0 Å². The van der Waals surface area contributed by atoms with Crippen LogP contribution in [0.1, 0.15) is 76.0 Å². The van der Waals surface area contributed by atoms with Gasteiger partial charge in [0.25, 0.3) is 0 Å². The highest BCUT2D eigenvalue weighted by atomic mass is 32.2. The van der Waals surface area contributed by atoms with Crippen LogP contribution in [0.2, 0.25) is 0 Å². The number of nitrogens with zero attached hydrogens (tertiary/aromatic N) is 3. The monoisotopic (exact) mass is 1120 g/mol. The molecule has 0 aromatic heterocycles. The molecule has 5 atom stereocenters. The summed E-state index contributed by atoms with van der Waals surface area (Å²) in [4.78, 5) is 75.7. The van der Waals surface area contributed by atoms with Crippen molar-refractivity contribution in [2.75, 3.05) is 70.6 Å². The maximum Gasteiger partial charge on any atom is 0.410 e. The van der Waals surface area contributed by atoms with Crippen LogP contribution in [-0.4, -0.2) is 171 Å². The standard InChI is InChI=1S/C17H21NO4S2.2C14H17NO5.C3H8S2.C3H8.C2H6O/c1-21-15(19)14-10-17(23-8-5-9-24-17)12-18(14)16(20)22-11-13-6-3-2-4-7-13;2*1-19-13(17)12-7-11(16)8-15(12)14(18)20-9-10-5-3-2-4-6-10;4-2-1-3-5;1-3-2;1-2-3/h2-4,6-7,14H,5,8-12H2,1H3;2*2-6,11-12,16H,7-9H2,1H3;4-5H,1-3H2;3H2,1-2H3;3H,2H2,1H3/t14-;11-,12+;11-,12-;;;/m010.../s1. The van der Waals surface area contributed by atoms with Gasteiger partial charge in [-0.15, -0.1) is 23.5 Å². The van der Waals surface area contributed by atoms with Crippen LogP contribution < -0.4 is 0 Å². The minimum Gasteiger partial charge on any atom is -0.467 e. The second-order valence-electron chi connectivity index (χ2n) is 16.9. The van der Waals surface area contributed by atoms with Crippen molar-refractivity contribution in [1.29, 1.82) is 0 Å². The Morgan fingerprint density at radius 2 is 0.893 bits per heavy atom. The summed E-state index contributed by atoms with van der Waals surface area (Å²) < 4.78 is 29.8. The summed E-state index contributed by atoms with van der Waals surface area (Å²) in [6.07, 6.45) is 1.34. The predicted octanol–water partition coefficient (Wildman–Crippen LogP) is 7.65. The summed E-state index contributed by atoms with van der Waals surface area (Å²) in [5, 5.41) is 26.8. The second-order valence-corrected chi connectivity index (χ2v) is 21.0. The van der Waals surface area contributed by atoms with Crippen LogP contribution in [0.4, 0.5) is 14.4 Å². The Kier molecular flexibility index (Phi) is 33.4. The quantitative estimate of drug-likeness (QED) is 0.0706. The Hall–Kier alpha value is -4.84. The Labute approximate surface area is 461 Å². The van der Waals surface area contributed by atoms with Crippen LogP contribution in [-0.2, 0) is 62.6 Å². The van der Waals surface area contributed by atoms with Crippen LogP contribution in [0, 0.1) is 0 Å². The molecule has 75 heavy (non-hydrogen) atoms. The van der Waals surface area contributed by atoms with Gasteiger partial charge in [-0.05, 0) is 59.5 Å². The first-order valence-corrected chi connectivity index (χ1v) is 28.0. The van der Waals surface area contributed by atoms with E-state index >= 15 is 0 Å². The Balaban J connectivity index is 0.000000351. The van der Waals surface area contributed by atoms with E-state index in [-0.39, 0.29) is 62.4 Å². The fourth-order valence-electron chi connectivity index (χ4n) is 7.43. The fourth-order valence-corrected chi connectivity index (χ4v) is 11.3. The highest BCUT2D eigenvalue weighted by Gasteiger charge is 2.51. The first-order valence-electron chi connectivity index (χ1n) is 24.7. The fraction of sp³-hybridized carbons (Fsp3) is 0.547. The zero-order valence-electron chi connectivity index (χ0n) is 43.9. The number of thioether (sulfide) groups is 2. The molecule has 3 aromatic rings. The van der Waals surface area contributed by atoms with Gasteiger partial charge in [-0.25, -0.2) is 28.8 Å². The average Bonchev–Trinajstić information content (AvgIpc) is 4.15. The summed E-state index contributed by atoms with van der Waals surface area (Å²) >= 11 is 11.6. The van der Waals surface area contributed by atoms with Crippen molar-refractivity contribution in [3.05, 3.63) is 108 Å². The molecule has 0 bridgehead atoms. The molecule has 0 aliphatic carbocycles. The molecule has 1 spiro atoms. The van der Waals surface area contributed by atoms with Crippen LogP contribution in [0.3, 0.4) is 0 Å². The smallest absolute Gasteiger partial charge is 0.410 e. The molecule has 18 nitrogen and oxygen atoms in total. The van der Waals surface area contributed by atoms with E-state index in [0.29, 0.717) is 13.0 Å². The number of rotatable bonds is 11. The summed E-state index contributed by atoms with van der Waals surface area (Å²) in [6, 6.07) is 25.9. The van der Waals surface area contributed by atoms with E-state index in [0.717, 1.165) is 46.1 Å². The summed E-state index contributed by atoms with van der Waals surface area (Å²) in [6.45, 7) is 7.31. The molecule has 4 aliphatic rings. The van der Waals surface area contributed by atoms with Gasteiger partial charge in [0, 0.05) is 32.4 Å². The van der Waals surface area contributed by atoms with E-state index in [1.54, 1.807) is 11.8 Å². The Morgan fingerprint density at radius 1 is 0.573 bits per heavy atom. The van der Waals surface area contributed by atoms with Gasteiger partial charge in [-0.2, -0.15) is 25.3 Å². The van der Waals surface area contributed by atoms with E-state index in [2.05, 4.69) is 48.6 Å². The van der Waals surface area contributed by atoms with Crippen molar-refractivity contribution in [2.45, 2.75) is 114 Å². The topological polar surface area (TPSA) is 228 Å². The maximum atomic E-state index is 12.6. The largest absolute Gasteiger partial charge is 0.467 e. The Bertz CT molecular complexity index is 2000. The van der Waals surface area contributed by atoms with E-state index in [1.165, 1.54) is 44.0 Å². The van der Waals surface area contributed by atoms with E-state index in [1.807, 2.05) is 115 Å². The molecule has 4 fully saturated rings. The van der Waals surface area contributed by atoms with Crippen LogP contribution >= 0.6 is 48.8 Å². The number of methoxy groups -OCH3 is 3. The number of likely N-dealkylation sites (tertiary alicyclic amines) is 3. The predicted molar refractivity (Wildman–Crippen MR) is 297 cm³/mol. The number of benzene rings is 3. The molecule has 4 saturated heterocycles. The molecule has 22 heteroatoms. The number of ether oxygens (including phenoxy) is 6. The van der Waals surface area contributed by atoms with Crippen molar-refractivity contribution in [3.63, 3.8) is 0 Å². The first kappa shape index (κ1) is 66.3. The SMILES string of the molecule is CCC.CCO.COC(=O)[C@@H]1CC2(CN1C(=O)OCc1ccccc1)SCCCS2.COC(=O)[C@@H]1C[C@@H](O)CN1C(=O)OCc1ccccc1.COC(=O)[C@@H]1C[C@H](O)CN1C(=O)OCc1ccccc1.SCCCS. The molecular weight excluding hydrogens is 1050 g/mol. The van der Waals surface area contributed by atoms with Gasteiger partial charge in [0.15, 0.2) is 0 Å². The average molecular weight is 1120 g/mol. The number of esters is 3. The first-order chi connectivity index (χ1) is 36.1. The third-order valence-corrected chi connectivity index (χ3v) is 14.9. The highest BCUT2D eigenvalue weighted by molar-refractivity contribution is 8.18. The summed E-state index contributed by atoms with van der Waals surface area (Å²) in [7, 11) is 3.86. The normalized spacial score (nSPS) is 19.7. The lowest BCUT2D eigenvalue weighted by molar-refractivity contribution is -0.146. The minimum atomic E-state index is -0.779. The second kappa shape index (κ2) is 37.8. The van der Waals surface area contributed by atoms with Crippen molar-refractivity contribution in [1.82, 2.24) is 14.7 Å². The van der Waals surface area contributed by atoms with Gasteiger partial charge in [0.1, 0.15) is 37.9 Å². The lowest BCUT2D eigenvalue weighted by atomic mass is 10.2. The number of aliphatic hydroxyl groups excluding tert-OH is 3. The van der Waals surface area contributed by atoms with Crippen molar-refractivity contribution < 1.29 is 72.5 Å². The van der Waals surface area contributed by atoms with Gasteiger partial charge in [-0.1, -0.05) is 111 Å². The number of carbonyl (C=O) groups is 6. The van der Waals surface area contributed by atoms with Crippen molar-refractivity contribution in [2.24, 2.45) is 0 Å². The molecule has 3 amide bonds. The number of thiol groups is 2. The molecular formula is C53H77N3O15S4. The van der Waals surface area contributed by atoms with Gasteiger partial charge in [-0.3, -0.25) is 14.7 Å². The maximum absolute atomic E-state index is 12.6. The van der Waals surface area contributed by atoms with Gasteiger partial charge < -0.3 is 43.7 Å². The zero-order chi connectivity index (χ0) is 55.6. The number of amides is 3. The number of hydrogen-bond donors (Lipinski definition) is 5. The van der Waals surface area contributed by atoms with Crippen LogP contribution in [0.5, 0.6) is 0 Å². The molecule has 4 heterocycles. The number of carbonyl (C=O) groups excluding carboxylic acids is 6. The Morgan fingerprint density at radius 3 is 1.20 bits per heavy atom. The molecule has 4 aliphatic heterocycles. The molecule has 418 valence electrons. The zero-order valence-corrected chi connectivity index (χ0v) is 47.3. The van der Waals surface area contributed by atoms with E-state index in [4.69, 9.17) is 24.1 Å². The summed E-state index contributed by atoms with van der Waals surface area (Å²) in [5.74, 6) is 2.60. The number of hydrogen-bond acceptors (Lipinski definition) is 19. The number of β-amino-alcohol motifs (C(OH)–C–C–N with tert-alkyl or cyclic N) is 2. The van der Waals surface area contributed by atoms with Gasteiger partial charge >= 0.3 is 36.2 Å². The lowest BCUT2D eigenvalue weighted by Crippen LogP contribution is -2.41. The van der Waals surface area contributed by atoms with Crippen LogP contribution in [0.15, 0.2) is 91.0 Å². The number of aliphatic hydroxyl groups is 3. The van der Waals surface area contributed by atoms with E-state index in [9.17, 15) is 39.0 Å². The van der Waals surface area contributed by atoms with Crippen LogP contribution in [0.25, 0.3) is 0 Å². The molecule has 3 N–H and O–H groups in total. The molecule has 0 unspecified atom stereocenters. The van der Waals surface area contributed by atoms with Gasteiger partial charge in [0.05, 0.1) is 50.7 Å². The third kappa shape index (κ3) is 23.9. The minimum absolute atomic E-state index is 0.0768. The van der Waals surface area contributed by atoms with Crippen molar-refractivity contribution >= 4 is 85.0 Å². The lowest BCUT2D eigenvalue weighted by Gasteiger charge is -2.31. The van der Waals surface area contributed by atoms with Crippen molar-refractivity contribution in [3.8, 4) is 0 Å². The van der Waals surface area contributed by atoms with E-state index < -0.39 is 60.6 Å². The molecule has 0 saturated carbocycles. The highest BCUT2D eigenvalue weighted by Crippen LogP contribution is 2.50. The molecule has 7 rings (SSSR count). The molecule has 3 aromatic carbocycles. The summed E-state index contributed by atoms with van der Waals surface area (Å²) in [5.41, 5.74) is 2.64. The molecule has 0 radical (unpaired) electrons.